The van der Waals surface area contributed by atoms with Gasteiger partial charge in [0.1, 0.15) is 5.75 Å². The van der Waals surface area contributed by atoms with Gasteiger partial charge < -0.3 is 15.8 Å². The third-order valence-corrected chi connectivity index (χ3v) is 4.41. The zero-order valence-electron chi connectivity index (χ0n) is 12.5. The van der Waals surface area contributed by atoms with Crippen molar-refractivity contribution in [2.45, 2.75) is 33.6 Å². The lowest BCUT2D eigenvalue weighted by Gasteiger charge is -2.29. The molecule has 1 rings (SSSR count). The second-order valence-electron chi connectivity index (χ2n) is 4.95. The molecule has 0 heterocycles. The Labute approximate surface area is 129 Å². The largest absolute Gasteiger partial charge is 0.495 e. The maximum absolute atomic E-state index is 12.6. The predicted octanol–water partition coefficient (Wildman–Crippen LogP) is 3.47. The summed E-state index contributed by atoms with van der Waals surface area (Å²) in [6, 6.07) is 3.78. The van der Waals surface area contributed by atoms with Gasteiger partial charge in [-0.25, -0.2) is 0 Å². The molecule has 4 nitrogen and oxygen atoms in total. The zero-order chi connectivity index (χ0) is 15.3. The number of rotatable bonds is 6. The van der Waals surface area contributed by atoms with E-state index in [4.69, 9.17) is 10.5 Å². The summed E-state index contributed by atoms with van der Waals surface area (Å²) in [5.41, 5.74) is 6.95. The van der Waals surface area contributed by atoms with Gasteiger partial charge in [0, 0.05) is 11.0 Å². The van der Waals surface area contributed by atoms with Gasteiger partial charge in [0.2, 0.25) is 5.91 Å². The van der Waals surface area contributed by atoms with E-state index in [0.717, 1.165) is 10.0 Å². The lowest BCUT2D eigenvalue weighted by atomic mass is 9.81. The molecule has 1 aromatic rings. The number of hydrogen-bond donors (Lipinski definition) is 2. The predicted molar refractivity (Wildman–Crippen MR) is 86.1 cm³/mol. The minimum atomic E-state index is -0.523. The second-order valence-corrected chi connectivity index (χ2v) is 5.86. The van der Waals surface area contributed by atoms with E-state index < -0.39 is 5.41 Å². The topological polar surface area (TPSA) is 64.4 Å². The maximum Gasteiger partial charge on any atom is 0.231 e. The molecule has 0 atom stereocenters. The minimum absolute atomic E-state index is 0.0475. The Balaban J connectivity index is 3.13. The summed E-state index contributed by atoms with van der Waals surface area (Å²) < 4.78 is 6.26. The van der Waals surface area contributed by atoms with Gasteiger partial charge in [0.25, 0.3) is 0 Å². The minimum Gasteiger partial charge on any atom is -0.495 e. The Morgan fingerprint density at radius 1 is 1.40 bits per heavy atom. The highest BCUT2D eigenvalue weighted by Crippen LogP contribution is 2.34. The Morgan fingerprint density at radius 3 is 2.45 bits per heavy atom. The van der Waals surface area contributed by atoms with E-state index in [-0.39, 0.29) is 5.91 Å². The first-order valence-electron chi connectivity index (χ1n) is 6.79. The molecule has 0 unspecified atom stereocenters. The number of methoxy groups -OCH3 is 1. The third-order valence-electron chi connectivity index (χ3n) is 3.95. The molecule has 0 radical (unpaired) electrons. The van der Waals surface area contributed by atoms with Crippen LogP contribution in [0.2, 0.25) is 0 Å². The number of ether oxygens (including phenoxy) is 1. The van der Waals surface area contributed by atoms with Gasteiger partial charge in [-0.3, -0.25) is 4.79 Å². The molecule has 20 heavy (non-hydrogen) atoms. The lowest BCUT2D eigenvalue weighted by Crippen LogP contribution is -2.41. The van der Waals surface area contributed by atoms with Crippen LogP contribution in [0, 0.1) is 12.3 Å². The van der Waals surface area contributed by atoms with Crippen LogP contribution >= 0.6 is 15.9 Å². The quantitative estimate of drug-likeness (QED) is 0.831. The maximum atomic E-state index is 12.6. The normalized spacial score (nSPS) is 11.3. The number of nitrogens with one attached hydrogen (secondary N) is 1. The molecule has 0 aromatic heterocycles. The van der Waals surface area contributed by atoms with E-state index in [2.05, 4.69) is 21.2 Å². The molecule has 0 aliphatic heterocycles. The summed E-state index contributed by atoms with van der Waals surface area (Å²) in [6.07, 6.45) is 1.42. The van der Waals surface area contributed by atoms with Crippen LogP contribution in [0.25, 0.3) is 0 Å². The van der Waals surface area contributed by atoms with Crippen molar-refractivity contribution in [1.29, 1.82) is 0 Å². The van der Waals surface area contributed by atoms with Crippen molar-refractivity contribution >= 4 is 27.5 Å². The van der Waals surface area contributed by atoms with Crippen molar-refractivity contribution in [2.24, 2.45) is 11.1 Å². The Kier molecular flexibility index (Phi) is 6.02. The van der Waals surface area contributed by atoms with E-state index in [1.54, 1.807) is 7.11 Å². The highest BCUT2D eigenvalue weighted by molar-refractivity contribution is 9.10. The zero-order valence-corrected chi connectivity index (χ0v) is 14.1. The fourth-order valence-corrected chi connectivity index (χ4v) is 2.78. The number of aryl methyl sites for hydroxylation is 1. The van der Waals surface area contributed by atoms with Gasteiger partial charge in [-0.1, -0.05) is 29.8 Å². The Morgan fingerprint density at radius 2 is 2.00 bits per heavy atom. The average molecular weight is 343 g/mol. The summed E-state index contributed by atoms with van der Waals surface area (Å²) in [4.78, 5) is 12.6. The first kappa shape index (κ1) is 17.0. The number of carbonyl (C=O) groups excluding carboxylic acids is 1. The van der Waals surface area contributed by atoms with Gasteiger partial charge >= 0.3 is 0 Å². The van der Waals surface area contributed by atoms with E-state index in [1.807, 2.05) is 32.9 Å². The third kappa shape index (κ3) is 3.33. The van der Waals surface area contributed by atoms with Crippen LogP contribution in [0.1, 0.15) is 32.3 Å². The van der Waals surface area contributed by atoms with Gasteiger partial charge in [-0.2, -0.15) is 0 Å². The molecule has 1 aromatic carbocycles. The SMILES string of the molecule is CCC(CC)(CN)C(=O)Nc1c(C)cc(Br)cc1OC. The molecule has 5 heteroatoms. The summed E-state index contributed by atoms with van der Waals surface area (Å²) in [5, 5.41) is 2.99. The molecule has 0 saturated carbocycles. The van der Waals surface area contributed by atoms with Crippen LogP contribution in [0.3, 0.4) is 0 Å². The van der Waals surface area contributed by atoms with Crippen LogP contribution in [0.4, 0.5) is 5.69 Å². The van der Waals surface area contributed by atoms with E-state index in [1.165, 1.54) is 0 Å². The van der Waals surface area contributed by atoms with Crippen molar-refractivity contribution in [3.05, 3.63) is 22.2 Å². The van der Waals surface area contributed by atoms with Crippen molar-refractivity contribution in [1.82, 2.24) is 0 Å². The standard InChI is InChI=1S/C15H23BrN2O2/c1-5-15(6-2,9-17)14(19)18-13-10(3)7-11(16)8-12(13)20-4/h7-8H,5-6,9,17H2,1-4H3,(H,18,19). The van der Waals surface area contributed by atoms with Crippen LogP contribution in [-0.2, 0) is 4.79 Å². The second kappa shape index (κ2) is 7.09. The fraction of sp³-hybridized carbons (Fsp3) is 0.533. The number of amides is 1. The van der Waals surface area contributed by atoms with Crippen molar-refractivity contribution in [3.63, 3.8) is 0 Å². The molecule has 0 bridgehead atoms. The van der Waals surface area contributed by atoms with Crippen molar-refractivity contribution < 1.29 is 9.53 Å². The molecular weight excluding hydrogens is 320 g/mol. The summed E-state index contributed by atoms with van der Waals surface area (Å²) in [6.45, 7) is 6.25. The van der Waals surface area contributed by atoms with E-state index >= 15 is 0 Å². The highest BCUT2D eigenvalue weighted by Gasteiger charge is 2.34. The Bertz CT molecular complexity index is 477. The molecular formula is C15H23BrN2O2. The smallest absolute Gasteiger partial charge is 0.231 e. The summed E-state index contributed by atoms with van der Waals surface area (Å²) >= 11 is 3.42. The molecule has 0 spiro atoms. The number of hydrogen-bond acceptors (Lipinski definition) is 3. The Hall–Kier alpha value is -1.07. The number of benzene rings is 1. The van der Waals surface area contributed by atoms with E-state index in [9.17, 15) is 4.79 Å². The highest BCUT2D eigenvalue weighted by atomic mass is 79.9. The average Bonchev–Trinajstić information content (AvgIpc) is 2.44. The molecule has 0 aliphatic carbocycles. The first-order chi connectivity index (χ1) is 9.43. The van der Waals surface area contributed by atoms with Crippen LogP contribution < -0.4 is 15.8 Å². The van der Waals surface area contributed by atoms with Gasteiger partial charge in [0.15, 0.2) is 0 Å². The van der Waals surface area contributed by atoms with Gasteiger partial charge in [-0.15, -0.1) is 0 Å². The number of halogens is 1. The molecule has 1 amide bonds. The molecule has 112 valence electrons. The van der Waals surface area contributed by atoms with Crippen LogP contribution in [0.15, 0.2) is 16.6 Å². The van der Waals surface area contributed by atoms with Crippen LogP contribution in [-0.4, -0.2) is 19.6 Å². The number of anilines is 1. The fourth-order valence-electron chi connectivity index (χ4n) is 2.23. The summed E-state index contributed by atoms with van der Waals surface area (Å²) in [7, 11) is 1.59. The molecule has 0 fully saturated rings. The molecule has 0 saturated heterocycles. The van der Waals surface area contributed by atoms with Crippen LogP contribution in [0.5, 0.6) is 5.75 Å². The number of carbonyl (C=O) groups is 1. The van der Waals surface area contributed by atoms with Crippen molar-refractivity contribution in [3.8, 4) is 5.75 Å². The lowest BCUT2D eigenvalue weighted by molar-refractivity contribution is -0.125. The monoisotopic (exact) mass is 342 g/mol. The first-order valence-corrected chi connectivity index (χ1v) is 7.59. The summed E-state index contributed by atoms with van der Waals surface area (Å²) in [5.74, 6) is 0.595. The molecule has 0 aliphatic rings. The van der Waals surface area contributed by atoms with Crippen molar-refractivity contribution in [2.75, 3.05) is 19.0 Å². The van der Waals surface area contributed by atoms with E-state index in [0.29, 0.717) is 30.8 Å². The molecule has 3 N–H and O–H groups in total. The van der Waals surface area contributed by atoms with Gasteiger partial charge in [-0.05, 0) is 37.5 Å². The number of nitrogens with two attached hydrogens (primary N) is 1. The van der Waals surface area contributed by atoms with Gasteiger partial charge in [0.05, 0.1) is 18.2 Å².